The third-order valence-electron chi connectivity index (χ3n) is 9.14. The average Bonchev–Trinajstić information content (AvgIpc) is 2.60. The topological polar surface area (TPSA) is 33.1 Å². The Hall–Kier alpha value is -1.74. The van der Waals surface area contributed by atoms with E-state index in [1.165, 1.54) is 6.07 Å². The highest BCUT2D eigenvalue weighted by Gasteiger charge is 3.11. The first-order valence-electron chi connectivity index (χ1n) is 9.35. The molecule has 6 aliphatic carbocycles. The van der Waals surface area contributed by atoms with Crippen LogP contribution in [0.2, 0.25) is 0 Å². The highest BCUT2D eigenvalue weighted by atomic mass is 19.1. The van der Waals surface area contributed by atoms with Crippen LogP contribution in [0.25, 0.3) is 17.0 Å². The summed E-state index contributed by atoms with van der Waals surface area (Å²) >= 11 is 0. The summed E-state index contributed by atoms with van der Waals surface area (Å²) in [5.74, 6) is 3.91. The lowest BCUT2D eigenvalue weighted by Crippen LogP contribution is -3.13. The molecule has 0 bridgehead atoms. The van der Waals surface area contributed by atoms with Crippen LogP contribution in [0.3, 0.4) is 0 Å². The molecule has 1 aromatic heterocycles. The van der Waals surface area contributed by atoms with Gasteiger partial charge in [0.1, 0.15) is 11.3 Å². The van der Waals surface area contributed by atoms with Crippen molar-refractivity contribution in [1.29, 1.82) is 0 Å². The van der Waals surface area contributed by atoms with Gasteiger partial charge in [0, 0.05) is 21.9 Å². The first kappa shape index (κ1) is 13.5. The lowest BCUT2D eigenvalue weighted by atomic mass is 8.91. The molecule has 1 heterocycles. The van der Waals surface area contributed by atoms with E-state index in [-0.39, 0.29) is 16.6 Å². The molecule has 2 aromatic rings. The van der Waals surface area contributed by atoms with E-state index < -0.39 is 5.60 Å². The second-order valence-electron chi connectivity index (χ2n) is 9.55. The zero-order valence-electron chi connectivity index (χ0n) is 14.3. The number of aromatic nitrogens is 1. The minimum absolute atomic E-state index is 0.218. The lowest BCUT2D eigenvalue weighted by Gasteiger charge is -3.12. The summed E-state index contributed by atoms with van der Waals surface area (Å²) in [5.41, 5.74) is 2.29. The normalized spacial score (nSPS) is 49.3. The molecule has 6 aliphatic rings. The van der Waals surface area contributed by atoms with E-state index in [0.717, 1.165) is 16.6 Å². The Morgan fingerprint density at radius 2 is 1.76 bits per heavy atom. The molecule has 8 rings (SSSR count). The van der Waals surface area contributed by atoms with Gasteiger partial charge in [-0.3, -0.25) is 0 Å². The Morgan fingerprint density at radius 3 is 2.32 bits per heavy atom. The quantitative estimate of drug-likeness (QED) is 0.927. The number of rotatable bonds is 3. The minimum atomic E-state index is -0.549. The summed E-state index contributed by atoms with van der Waals surface area (Å²) in [5, 5.41) is 11.5. The van der Waals surface area contributed by atoms with Gasteiger partial charge < -0.3 is 5.11 Å². The van der Waals surface area contributed by atoms with Crippen LogP contribution in [0.15, 0.2) is 30.8 Å². The van der Waals surface area contributed by atoms with Crippen molar-refractivity contribution in [3.63, 3.8) is 0 Å². The smallest absolute Gasteiger partial charge is 0.150 e. The van der Waals surface area contributed by atoms with Crippen LogP contribution >= 0.6 is 0 Å². The third kappa shape index (κ3) is 0.909. The molecule has 25 heavy (non-hydrogen) atoms. The molecule has 0 aliphatic heterocycles. The summed E-state index contributed by atoms with van der Waals surface area (Å²) < 4.78 is 14.5. The number of nitrogens with zero attached hydrogens (tertiary/aromatic N) is 1. The number of benzene rings is 1. The Balaban J connectivity index is 1.33. The SMILES string of the molecule is C=Cc1cc(F)c2nc(C34C5C6C3C3C4C5C63C(C)(C)O)ccc2c1. The zero-order valence-corrected chi connectivity index (χ0v) is 14.3. The predicted molar refractivity (Wildman–Crippen MR) is 93.1 cm³/mol. The van der Waals surface area contributed by atoms with E-state index in [1.54, 1.807) is 6.08 Å². The standard InChI is InChI=1S/C22H20FNO/c1-4-9-7-10-5-6-12(24-19(10)11(23)8-9)21-13-16-14(21)18-15(21)17(13)22(16,18)20(2,3)25/h4-8,13-18,25H,1H2,2-3H3. The van der Waals surface area contributed by atoms with Gasteiger partial charge in [0.25, 0.3) is 0 Å². The van der Waals surface area contributed by atoms with Gasteiger partial charge in [-0.15, -0.1) is 0 Å². The molecule has 1 N–H and O–H groups in total. The van der Waals surface area contributed by atoms with Crippen LogP contribution in [-0.2, 0) is 5.41 Å². The summed E-state index contributed by atoms with van der Waals surface area (Å²) in [6, 6.07) is 7.63. The van der Waals surface area contributed by atoms with Crippen molar-refractivity contribution < 1.29 is 9.50 Å². The van der Waals surface area contributed by atoms with Crippen LogP contribution in [0.1, 0.15) is 25.1 Å². The van der Waals surface area contributed by atoms with E-state index >= 15 is 0 Å². The van der Waals surface area contributed by atoms with Crippen molar-refractivity contribution in [2.24, 2.45) is 40.9 Å². The van der Waals surface area contributed by atoms with Crippen molar-refractivity contribution in [2.75, 3.05) is 0 Å². The fraction of sp³-hybridized carbons (Fsp3) is 0.500. The van der Waals surface area contributed by atoms with Gasteiger partial charge in [0.2, 0.25) is 0 Å². The van der Waals surface area contributed by atoms with E-state index in [9.17, 15) is 9.50 Å². The van der Waals surface area contributed by atoms with Crippen molar-refractivity contribution in [2.45, 2.75) is 24.9 Å². The zero-order chi connectivity index (χ0) is 17.1. The average molecular weight is 333 g/mol. The fourth-order valence-electron chi connectivity index (χ4n) is 8.84. The van der Waals surface area contributed by atoms with Crippen molar-refractivity contribution in [1.82, 2.24) is 4.98 Å². The maximum Gasteiger partial charge on any atom is 0.150 e. The van der Waals surface area contributed by atoms with Gasteiger partial charge in [-0.2, -0.15) is 0 Å². The van der Waals surface area contributed by atoms with Gasteiger partial charge in [0.15, 0.2) is 0 Å². The molecule has 0 amide bonds. The molecule has 6 fully saturated rings. The molecule has 6 saturated carbocycles. The molecule has 3 heteroatoms. The number of aliphatic hydroxyl groups is 1. The second kappa shape index (κ2) is 3.29. The van der Waals surface area contributed by atoms with Gasteiger partial charge in [-0.1, -0.05) is 18.7 Å². The Morgan fingerprint density at radius 1 is 1.12 bits per heavy atom. The molecule has 2 nitrogen and oxygen atoms in total. The van der Waals surface area contributed by atoms with Gasteiger partial charge in [-0.05, 0) is 73.1 Å². The number of pyridine rings is 1. The first-order valence-corrected chi connectivity index (χ1v) is 9.35. The second-order valence-corrected chi connectivity index (χ2v) is 9.55. The molecule has 0 atom stereocenters. The van der Waals surface area contributed by atoms with E-state index in [4.69, 9.17) is 4.98 Å². The molecular weight excluding hydrogens is 313 g/mol. The number of hydrogen-bond donors (Lipinski definition) is 1. The number of hydrogen-bond acceptors (Lipinski definition) is 2. The largest absolute Gasteiger partial charge is 0.390 e. The van der Waals surface area contributed by atoms with Crippen molar-refractivity contribution >= 4 is 17.0 Å². The van der Waals surface area contributed by atoms with Gasteiger partial charge >= 0.3 is 0 Å². The minimum Gasteiger partial charge on any atom is -0.390 e. The van der Waals surface area contributed by atoms with Crippen LogP contribution in [-0.4, -0.2) is 15.7 Å². The molecule has 126 valence electrons. The molecule has 0 radical (unpaired) electrons. The summed E-state index contributed by atoms with van der Waals surface area (Å²) in [6.07, 6.45) is 1.67. The maximum absolute atomic E-state index is 14.5. The van der Waals surface area contributed by atoms with E-state index in [1.807, 2.05) is 26.0 Å². The van der Waals surface area contributed by atoms with Crippen LogP contribution in [0.5, 0.6) is 0 Å². The van der Waals surface area contributed by atoms with E-state index in [0.29, 0.717) is 41.0 Å². The Labute approximate surface area is 145 Å². The summed E-state index contributed by atoms with van der Waals surface area (Å²) in [6.45, 7) is 7.73. The maximum atomic E-state index is 14.5. The monoisotopic (exact) mass is 333 g/mol. The molecule has 1 aromatic carbocycles. The summed E-state index contributed by atoms with van der Waals surface area (Å²) in [4.78, 5) is 4.81. The van der Waals surface area contributed by atoms with Crippen molar-refractivity contribution in [3.05, 3.63) is 47.9 Å². The Bertz CT molecular complexity index is 979. The van der Waals surface area contributed by atoms with Gasteiger partial charge in [-0.25, -0.2) is 9.37 Å². The summed E-state index contributed by atoms with van der Waals surface area (Å²) in [7, 11) is 0. The number of halogens is 1. The number of fused-ring (bicyclic) bond motifs is 1. The van der Waals surface area contributed by atoms with Gasteiger partial charge in [0.05, 0.1) is 5.60 Å². The molecular formula is C22H20FNO. The molecule has 0 spiro atoms. The molecule has 0 saturated heterocycles. The highest BCUT2D eigenvalue weighted by molar-refractivity contribution is 5.82. The molecule has 0 unspecified atom stereocenters. The predicted octanol–water partition coefficient (Wildman–Crippen LogP) is 3.78. The third-order valence-corrected chi connectivity index (χ3v) is 9.14. The van der Waals surface area contributed by atoms with Crippen LogP contribution in [0.4, 0.5) is 4.39 Å². The highest BCUT2D eigenvalue weighted by Crippen LogP contribution is 3.11. The van der Waals surface area contributed by atoms with Crippen LogP contribution in [0, 0.1) is 46.7 Å². The fourth-order valence-corrected chi connectivity index (χ4v) is 8.84. The van der Waals surface area contributed by atoms with Crippen LogP contribution < -0.4 is 0 Å². The lowest BCUT2D eigenvalue weighted by molar-refractivity contribution is -0.649. The Kier molecular flexibility index (Phi) is 1.77. The first-order chi connectivity index (χ1) is 11.9. The van der Waals surface area contributed by atoms with Crippen molar-refractivity contribution in [3.8, 4) is 0 Å². The van der Waals surface area contributed by atoms with E-state index in [2.05, 4.69) is 12.6 Å².